The van der Waals surface area contributed by atoms with Crippen molar-refractivity contribution >= 4 is 0 Å². The monoisotopic (exact) mass is 248 g/mol. The van der Waals surface area contributed by atoms with Crippen molar-refractivity contribution < 1.29 is 8.83 Å². The van der Waals surface area contributed by atoms with E-state index >= 15 is 0 Å². The van der Waals surface area contributed by atoms with Crippen LogP contribution in [0.1, 0.15) is 30.0 Å². The summed E-state index contributed by atoms with van der Waals surface area (Å²) in [6.45, 7) is 4.72. The van der Waals surface area contributed by atoms with E-state index in [0.717, 1.165) is 23.6 Å². The summed E-state index contributed by atoms with van der Waals surface area (Å²) < 4.78 is 10.8. The summed E-state index contributed by atoms with van der Waals surface area (Å²) in [4.78, 5) is 2.17. The zero-order valence-electron chi connectivity index (χ0n) is 11.1. The smallest absolute Gasteiger partial charge is 0.122 e. The Morgan fingerprint density at radius 3 is 2.61 bits per heavy atom. The summed E-state index contributed by atoms with van der Waals surface area (Å²) in [6.07, 6.45) is 3.43. The van der Waals surface area contributed by atoms with Gasteiger partial charge in [0, 0.05) is 18.2 Å². The SMILES string of the molecule is Cc1ccc(C(C(C)N)N(C)Cc2ccoc2)o1. The topological polar surface area (TPSA) is 55.5 Å². The second-order valence-electron chi connectivity index (χ2n) is 4.80. The van der Waals surface area contributed by atoms with Gasteiger partial charge >= 0.3 is 0 Å². The first-order valence-electron chi connectivity index (χ1n) is 6.11. The quantitative estimate of drug-likeness (QED) is 0.884. The molecule has 0 saturated heterocycles. The highest BCUT2D eigenvalue weighted by Crippen LogP contribution is 2.25. The van der Waals surface area contributed by atoms with Crippen molar-refractivity contribution in [3.05, 3.63) is 47.8 Å². The van der Waals surface area contributed by atoms with Crippen molar-refractivity contribution in [1.82, 2.24) is 4.90 Å². The fraction of sp³-hybridized carbons (Fsp3) is 0.429. The third kappa shape index (κ3) is 2.83. The molecule has 0 amide bonds. The Hall–Kier alpha value is -1.52. The average Bonchev–Trinajstić information content (AvgIpc) is 2.90. The number of rotatable bonds is 5. The average molecular weight is 248 g/mol. The molecule has 4 heteroatoms. The first kappa shape index (κ1) is 12.9. The van der Waals surface area contributed by atoms with Crippen LogP contribution in [0, 0.1) is 6.92 Å². The molecule has 4 nitrogen and oxygen atoms in total. The van der Waals surface area contributed by atoms with Gasteiger partial charge in [-0.3, -0.25) is 4.90 Å². The van der Waals surface area contributed by atoms with Gasteiger partial charge in [-0.2, -0.15) is 0 Å². The van der Waals surface area contributed by atoms with Crippen LogP contribution in [0.2, 0.25) is 0 Å². The van der Waals surface area contributed by atoms with Crippen molar-refractivity contribution in [3.63, 3.8) is 0 Å². The standard InChI is InChI=1S/C14H20N2O2/c1-10-4-5-13(18-10)14(11(2)15)16(3)8-12-6-7-17-9-12/h4-7,9,11,14H,8,15H2,1-3H3. The van der Waals surface area contributed by atoms with Crippen molar-refractivity contribution in [1.29, 1.82) is 0 Å². The Bertz CT molecular complexity index is 474. The summed E-state index contributed by atoms with van der Waals surface area (Å²) >= 11 is 0. The lowest BCUT2D eigenvalue weighted by Crippen LogP contribution is -2.36. The second kappa shape index (κ2) is 5.42. The molecule has 2 aromatic heterocycles. The van der Waals surface area contributed by atoms with E-state index in [2.05, 4.69) is 4.90 Å². The first-order valence-corrected chi connectivity index (χ1v) is 6.11. The minimum Gasteiger partial charge on any atom is -0.472 e. The largest absolute Gasteiger partial charge is 0.472 e. The Kier molecular flexibility index (Phi) is 3.89. The zero-order chi connectivity index (χ0) is 13.1. The third-order valence-electron chi connectivity index (χ3n) is 3.04. The Balaban J connectivity index is 2.15. The van der Waals surface area contributed by atoms with Gasteiger partial charge in [-0.25, -0.2) is 0 Å². The molecule has 98 valence electrons. The molecule has 18 heavy (non-hydrogen) atoms. The first-order chi connectivity index (χ1) is 8.58. The van der Waals surface area contributed by atoms with E-state index in [0.29, 0.717) is 0 Å². The van der Waals surface area contributed by atoms with Gasteiger partial charge in [-0.05, 0) is 39.1 Å². The predicted octanol–water partition coefficient (Wildman–Crippen LogP) is 2.70. The summed E-state index contributed by atoms with van der Waals surface area (Å²) in [6, 6.07) is 5.98. The van der Waals surface area contributed by atoms with Crippen molar-refractivity contribution in [2.24, 2.45) is 5.73 Å². The molecule has 2 heterocycles. The van der Waals surface area contributed by atoms with E-state index in [1.54, 1.807) is 12.5 Å². The van der Waals surface area contributed by atoms with Gasteiger partial charge in [0.15, 0.2) is 0 Å². The molecule has 0 aliphatic carbocycles. The molecule has 0 bridgehead atoms. The molecular formula is C14H20N2O2. The Morgan fingerprint density at radius 1 is 1.33 bits per heavy atom. The van der Waals surface area contributed by atoms with Crippen molar-refractivity contribution in [2.45, 2.75) is 32.5 Å². The van der Waals surface area contributed by atoms with E-state index in [-0.39, 0.29) is 12.1 Å². The van der Waals surface area contributed by atoms with Crippen LogP contribution in [0.5, 0.6) is 0 Å². The number of likely N-dealkylation sites (N-methyl/N-ethyl adjacent to an activating group) is 1. The molecule has 0 fully saturated rings. The van der Waals surface area contributed by atoms with Crippen LogP contribution in [0.25, 0.3) is 0 Å². The van der Waals surface area contributed by atoms with Crippen LogP contribution in [-0.4, -0.2) is 18.0 Å². The number of nitrogens with two attached hydrogens (primary N) is 1. The van der Waals surface area contributed by atoms with Gasteiger partial charge in [-0.1, -0.05) is 0 Å². The van der Waals surface area contributed by atoms with E-state index in [1.165, 1.54) is 0 Å². The summed E-state index contributed by atoms with van der Waals surface area (Å²) in [5.41, 5.74) is 7.21. The minimum atomic E-state index is -0.00699. The van der Waals surface area contributed by atoms with Crippen LogP contribution in [0.4, 0.5) is 0 Å². The zero-order valence-corrected chi connectivity index (χ0v) is 11.1. The van der Waals surface area contributed by atoms with Gasteiger partial charge in [0.1, 0.15) is 11.5 Å². The number of hydrogen-bond acceptors (Lipinski definition) is 4. The van der Waals surface area contributed by atoms with E-state index < -0.39 is 0 Å². The molecule has 2 aromatic rings. The Labute approximate surface area is 107 Å². The van der Waals surface area contributed by atoms with Gasteiger partial charge in [-0.15, -0.1) is 0 Å². The predicted molar refractivity (Wildman–Crippen MR) is 70.0 cm³/mol. The maximum absolute atomic E-state index is 6.08. The number of hydrogen-bond donors (Lipinski definition) is 1. The number of furan rings is 2. The summed E-state index contributed by atoms with van der Waals surface area (Å²) in [5, 5.41) is 0. The van der Waals surface area contributed by atoms with E-state index in [9.17, 15) is 0 Å². The summed E-state index contributed by atoms with van der Waals surface area (Å²) in [7, 11) is 2.04. The van der Waals surface area contributed by atoms with Crippen LogP contribution in [-0.2, 0) is 6.54 Å². The molecule has 0 aliphatic heterocycles. The molecule has 0 aromatic carbocycles. The Morgan fingerprint density at radius 2 is 2.11 bits per heavy atom. The van der Waals surface area contributed by atoms with Gasteiger partial charge in [0.2, 0.25) is 0 Å². The van der Waals surface area contributed by atoms with Gasteiger partial charge in [0.25, 0.3) is 0 Å². The highest BCUT2D eigenvalue weighted by Gasteiger charge is 2.24. The maximum atomic E-state index is 6.08. The van der Waals surface area contributed by atoms with Crippen LogP contribution in [0.15, 0.2) is 39.6 Å². The fourth-order valence-corrected chi connectivity index (χ4v) is 2.26. The molecule has 2 atom stereocenters. The van der Waals surface area contributed by atoms with Crippen LogP contribution in [0.3, 0.4) is 0 Å². The van der Waals surface area contributed by atoms with E-state index in [1.807, 2.05) is 39.1 Å². The molecule has 2 unspecified atom stereocenters. The van der Waals surface area contributed by atoms with Crippen LogP contribution < -0.4 is 5.73 Å². The van der Waals surface area contributed by atoms with E-state index in [4.69, 9.17) is 14.6 Å². The number of nitrogens with zero attached hydrogens (tertiary/aromatic N) is 1. The summed E-state index contributed by atoms with van der Waals surface area (Å²) in [5.74, 6) is 1.82. The normalized spacial score (nSPS) is 14.9. The molecule has 2 N–H and O–H groups in total. The number of aryl methyl sites for hydroxylation is 1. The lowest BCUT2D eigenvalue weighted by Gasteiger charge is -2.29. The lowest BCUT2D eigenvalue weighted by molar-refractivity contribution is 0.182. The molecule has 0 saturated carbocycles. The van der Waals surface area contributed by atoms with Crippen molar-refractivity contribution in [3.8, 4) is 0 Å². The molecule has 0 aliphatic rings. The van der Waals surface area contributed by atoms with Crippen molar-refractivity contribution in [2.75, 3.05) is 7.05 Å². The minimum absolute atomic E-state index is 0.00699. The molecule has 2 rings (SSSR count). The highest BCUT2D eigenvalue weighted by molar-refractivity contribution is 5.13. The molecular weight excluding hydrogens is 228 g/mol. The maximum Gasteiger partial charge on any atom is 0.122 e. The van der Waals surface area contributed by atoms with Crippen LogP contribution >= 0.6 is 0 Å². The third-order valence-corrected chi connectivity index (χ3v) is 3.04. The lowest BCUT2D eigenvalue weighted by atomic mass is 10.1. The molecule has 0 spiro atoms. The van der Waals surface area contributed by atoms with Gasteiger partial charge < -0.3 is 14.6 Å². The highest BCUT2D eigenvalue weighted by atomic mass is 16.3. The fourth-order valence-electron chi connectivity index (χ4n) is 2.26. The molecule has 0 radical (unpaired) electrons. The second-order valence-corrected chi connectivity index (χ2v) is 4.80. The van der Waals surface area contributed by atoms with Gasteiger partial charge in [0.05, 0.1) is 18.6 Å².